The molecule has 7 nitrogen and oxygen atoms in total. The summed E-state index contributed by atoms with van der Waals surface area (Å²) in [4.78, 5) is 32.2. The molecular weight excluding hydrogens is 447 g/mol. The Morgan fingerprint density at radius 1 is 1.06 bits per heavy atom. The van der Waals surface area contributed by atoms with Gasteiger partial charge in [-0.05, 0) is 67.6 Å². The van der Waals surface area contributed by atoms with Gasteiger partial charge in [0.15, 0.2) is 5.69 Å². The summed E-state index contributed by atoms with van der Waals surface area (Å²) in [6.45, 7) is 5.81. The van der Waals surface area contributed by atoms with E-state index in [4.69, 9.17) is 4.74 Å². The maximum atomic E-state index is 13.2. The molecule has 2 aliphatic rings. The molecule has 5 rings (SSSR count). The van der Waals surface area contributed by atoms with Gasteiger partial charge < -0.3 is 19.5 Å². The molecule has 0 bridgehead atoms. The zero-order valence-corrected chi connectivity index (χ0v) is 20.0. The van der Waals surface area contributed by atoms with E-state index in [0.29, 0.717) is 38.2 Å². The van der Waals surface area contributed by atoms with Gasteiger partial charge in [0, 0.05) is 24.7 Å². The molecule has 1 atom stereocenters. The van der Waals surface area contributed by atoms with Gasteiger partial charge in [-0.25, -0.2) is 9.37 Å². The smallest absolute Gasteiger partial charge is 0.274 e. The van der Waals surface area contributed by atoms with E-state index in [0.717, 1.165) is 28.1 Å². The molecule has 3 aromatic rings. The summed E-state index contributed by atoms with van der Waals surface area (Å²) >= 11 is 0. The molecule has 1 unspecified atom stereocenters. The van der Waals surface area contributed by atoms with Crippen LogP contribution < -0.4 is 5.32 Å². The first-order valence-corrected chi connectivity index (χ1v) is 12.0. The highest BCUT2D eigenvalue weighted by molar-refractivity contribution is 5.95. The van der Waals surface area contributed by atoms with Crippen LogP contribution >= 0.6 is 0 Å². The maximum Gasteiger partial charge on any atom is 0.274 e. The van der Waals surface area contributed by atoms with Gasteiger partial charge in [0.1, 0.15) is 11.9 Å². The Morgan fingerprint density at radius 3 is 2.43 bits per heavy atom. The first-order chi connectivity index (χ1) is 16.9. The summed E-state index contributed by atoms with van der Waals surface area (Å²) in [6, 6.07) is 12.3. The molecule has 0 spiro atoms. The van der Waals surface area contributed by atoms with Crippen molar-refractivity contribution in [2.75, 3.05) is 18.4 Å². The predicted molar refractivity (Wildman–Crippen MR) is 129 cm³/mol. The van der Waals surface area contributed by atoms with Crippen molar-refractivity contribution in [3.8, 4) is 0 Å². The number of likely N-dealkylation sites (tertiary alicyclic amines) is 1. The molecule has 0 aliphatic carbocycles. The Hall–Kier alpha value is -3.52. The van der Waals surface area contributed by atoms with Crippen molar-refractivity contribution in [2.24, 2.45) is 5.92 Å². The van der Waals surface area contributed by atoms with Crippen LogP contribution in [0.4, 0.5) is 10.1 Å². The second-order valence-electron chi connectivity index (χ2n) is 9.48. The number of nitrogens with zero attached hydrogens (tertiary/aromatic N) is 3. The molecule has 1 saturated heterocycles. The van der Waals surface area contributed by atoms with Crippen molar-refractivity contribution in [1.82, 2.24) is 14.5 Å². The highest BCUT2D eigenvalue weighted by atomic mass is 19.1. The molecule has 1 N–H and O–H groups in total. The van der Waals surface area contributed by atoms with Crippen molar-refractivity contribution in [2.45, 2.75) is 45.9 Å². The summed E-state index contributed by atoms with van der Waals surface area (Å²) in [5.74, 6) is -0.541. The number of rotatable bonds is 4. The number of ether oxygens (including phenoxy) is 1. The van der Waals surface area contributed by atoms with Crippen LogP contribution in [0.25, 0.3) is 0 Å². The van der Waals surface area contributed by atoms with Gasteiger partial charge in [0.25, 0.3) is 5.91 Å². The zero-order valence-electron chi connectivity index (χ0n) is 20.0. The number of halogens is 1. The van der Waals surface area contributed by atoms with Crippen LogP contribution in [0.3, 0.4) is 0 Å². The van der Waals surface area contributed by atoms with Crippen molar-refractivity contribution in [3.63, 3.8) is 0 Å². The van der Waals surface area contributed by atoms with Gasteiger partial charge in [-0.15, -0.1) is 0 Å². The van der Waals surface area contributed by atoms with E-state index in [2.05, 4.69) is 16.4 Å². The molecule has 0 saturated carbocycles. The maximum absolute atomic E-state index is 13.2. The normalized spacial score (nSPS) is 18.3. The minimum atomic E-state index is -0.285. The fourth-order valence-electron chi connectivity index (χ4n) is 4.97. The number of carbonyl (C=O) groups is 2. The number of hydrogen-bond donors (Lipinski definition) is 1. The highest BCUT2D eigenvalue weighted by Gasteiger charge is 2.32. The average molecular weight is 477 g/mol. The van der Waals surface area contributed by atoms with Crippen LogP contribution in [0.5, 0.6) is 0 Å². The fourth-order valence-corrected chi connectivity index (χ4v) is 4.97. The number of fused-ring (bicyclic) bond motifs is 1. The van der Waals surface area contributed by atoms with Crippen molar-refractivity contribution >= 4 is 17.5 Å². The third-order valence-electron chi connectivity index (χ3n) is 6.82. The summed E-state index contributed by atoms with van der Waals surface area (Å²) in [5, 5.41) is 3.03. The third-order valence-corrected chi connectivity index (χ3v) is 6.82. The number of aryl methyl sites for hydroxylation is 2. The van der Waals surface area contributed by atoms with Gasteiger partial charge in [-0.3, -0.25) is 9.59 Å². The monoisotopic (exact) mass is 476 g/mol. The summed E-state index contributed by atoms with van der Waals surface area (Å²) in [5.41, 5.74) is 5.08. The Kier molecular flexibility index (Phi) is 6.38. The Bertz CT molecular complexity index is 1230. The van der Waals surface area contributed by atoms with Crippen LogP contribution in [0.1, 0.15) is 51.8 Å². The molecule has 2 amide bonds. The molecule has 2 aromatic carbocycles. The Balaban J connectivity index is 1.19. The van der Waals surface area contributed by atoms with E-state index in [1.54, 1.807) is 23.4 Å². The zero-order chi connectivity index (χ0) is 24.5. The lowest BCUT2D eigenvalue weighted by Crippen LogP contribution is -2.42. The van der Waals surface area contributed by atoms with E-state index in [1.807, 2.05) is 30.5 Å². The van der Waals surface area contributed by atoms with E-state index < -0.39 is 0 Å². The van der Waals surface area contributed by atoms with Gasteiger partial charge in [0.05, 0.1) is 25.2 Å². The quantitative estimate of drug-likeness (QED) is 0.606. The molecule has 0 radical (unpaired) electrons. The van der Waals surface area contributed by atoms with E-state index in [-0.39, 0.29) is 36.3 Å². The van der Waals surface area contributed by atoms with E-state index in [1.165, 1.54) is 12.1 Å². The van der Waals surface area contributed by atoms with Crippen molar-refractivity contribution < 1.29 is 18.7 Å². The Labute approximate surface area is 203 Å². The summed E-state index contributed by atoms with van der Waals surface area (Å²) < 4.78 is 21.2. The van der Waals surface area contributed by atoms with Crippen LogP contribution in [0.2, 0.25) is 0 Å². The fraction of sp³-hybridized carbons (Fsp3) is 0.370. The summed E-state index contributed by atoms with van der Waals surface area (Å²) in [7, 11) is 0. The number of benzene rings is 2. The molecular formula is C27H29FN4O3. The number of amides is 2. The van der Waals surface area contributed by atoms with E-state index in [9.17, 15) is 14.0 Å². The van der Waals surface area contributed by atoms with Gasteiger partial charge in [-0.1, -0.05) is 18.2 Å². The van der Waals surface area contributed by atoms with Crippen molar-refractivity contribution in [1.29, 1.82) is 0 Å². The largest absolute Gasteiger partial charge is 0.365 e. The molecule has 2 aliphatic heterocycles. The summed E-state index contributed by atoms with van der Waals surface area (Å²) in [6.07, 6.45) is 2.68. The Morgan fingerprint density at radius 2 is 1.74 bits per heavy atom. The molecule has 1 fully saturated rings. The second-order valence-corrected chi connectivity index (χ2v) is 9.48. The highest BCUT2D eigenvalue weighted by Crippen LogP contribution is 2.29. The first-order valence-electron chi connectivity index (χ1n) is 12.0. The van der Waals surface area contributed by atoms with Crippen LogP contribution in [-0.4, -0.2) is 39.4 Å². The topological polar surface area (TPSA) is 76.5 Å². The molecule has 8 heteroatoms. The van der Waals surface area contributed by atoms with Crippen LogP contribution in [-0.2, 0) is 22.7 Å². The molecule has 182 valence electrons. The SMILES string of the molecule is Cc1cc(C)cc(NC(=O)C2CCN(C(=O)c3ncn4c3COC(c3ccc(F)cc3)C4)CC2)c1. The van der Waals surface area contributed by atoms with Crippen LogP contribution in [0.15, 0.2) is 48.8 Å². The number of anilines is 1. The van der Waals surface area contributed by atoms with Gasteiger partial charge in [-0.2, -0.15) is 0 Å². The molecule has 1 aromatic heterocycles. The lowest BCUT2D eigenvalue weighted by atomic mass is 9.95. The number of carbonyl (C=O) groups excluding carboxylic acids is 2. The average Bonchev–Trinajstić information content (AvgIpc) is 3.27. The number of piperidine rings is 1. The number of imidazole rings is 1. The standard InChI is InChI=1S/C27H29FN4O3/c1-17-11-18(2)13-22(12-17)30-26(33)20-7-9-31(10-8-20)27(34)25-23-15-35-24(14-32(23)16-29-25)19-3-5-21(28)6-4-19/h3-6,11-13,16,20,24H,7-10,14-15H2,1-2H3,(H,30,33). The lowest BCUT2D eigenvalue weighted by Gasteiger charge is -2.31. The predicted octanol–water partition coefficient (Wildman–Crippen LogP) is 4.40. The van der Waals surface area contributed by atoms with Crippen molar-refractivity contribution in [3.05, 3.63) is 82.7 Å². The molecule has 3 heterocycles. The van der Waals surface area contributed by atoms with Gasteiger partial charge in [0.2, 0.25) is 5.91 Å². The number of nitrogens with one attached hydrogen (secondary N) is 1. The van der Waals surface area contributed by atoms with Gasteiger partial charge >= 0.3 is 0 Å². The second kappa shape index (κ2) is 9.62. The first kappa shape index (κ1) is 23.2. The minimum Gasteiger partial charge on any atom is -0.365 e. The third kappa shape index (κ3) is 4.98. The number of hydrogen-bond acceptors (Lipinski definition) is 4. The van der Waals surface area contributed by atoms with E-state index >= 15 is 0 Å². The minimum absolute atomic E-state index is 0.00158. The molecule has 35 heavy (non-hydrogen) atoms. The lowest BCUT2D eigenvalue weighted by molar-refractivity contribution is -0.121. The number of aromatic nitrogens is 2. The van der Waals surface area contributed by atoms with Crippen LogP contribution in [0, 0.1) is 25.6 Å².